The maximum absolute atomic E-state index is 14.5. The predicted molar refractivity (Wildman–Crippen MR) is 109 cm³/mol. The summed E-state index contributed by atoms with van der Waals surface area (Å²) in [5.74, 6) is -8.46. The minimum Gasteiger partial charge on any atom is -0.490 e. The van der Waals surface area contributed by atoms with Gasteiger partial charge < -0.3 is 20.4 Å². The van der Waals surface area contributed by atoms with Crippen LogP contribution in [0.3, 0.4) is 0 Å². The molecule has 4 atom stereocenters. The molecule has 0 unspecified atom stereocenters. The van der Waals surface area contributed by atoms with Crippen LogP contribution in [0.1, 0.15) is 42.7 Å². The maximum Gasteiger partial charge on any atom is 0.417 e. The van der Waals surface area contributed by atoms with Crippen molar-refractivity contribution in [3.8, 4) is 5.75 Å². The third-order valence-corrected chi connectivity index (χ3v) is 6.05. The molecule has 0 radical (unpaired) electrons. The fourth-order valence-electron chi connectivity index (χ4n) is 4.04. The predicted octanol–water partition coefficient (Wildman–Crippen LogP) is 3.07. The molecule has 35 heavy (non-hydrogen) atoms. The Morgan fingerprint density at radius 2 is 1.94 bits per heavy atom. The number of amides is 2. The second-order valence-corrected chi connectivity index (χ2v) is 8.10. The number of carbonyl (C=O) groups is 2. The zero-order chi connectivity index (χ0) is 26.3. The Hall–Kier alpha value is -3.48. The molecule has 0 aliphatic carbocycles. The van der Waals surface area contributed by atoms with Crippen LogP contribution in [0.5, 0.6) is 5.75 Å². The molecule has 1 aromatic carbocycles. The number of benzene rings is 1. The number of nitrogens with two attached hydrogens (primary N) is 1. The van der Waals surface area contributed by atoms with Gasteiger partial charge >= 0.3 is 6.18 Å². The second-order valence-electron chi connectivity index (χ2n) is 8.10. The first-order valence-corrected chi connectivity index (χ1v) is 10.4. The van der Waals surface area contributed by atoms with E-state index in [0.717, 1.165) is 37.4 Å². The Bertz CT molecular complexity index is 1230. The SMILES string of the molecule is CCOc1c([C@@H]2[C@@H](C(=O)N=c3ccn(O)c(C(N)=O)c3)O[C@](C)(C(F)(F)F)[C@H]2C)ccc(F)c1F. The number of nitrogens with zero attached hydrogens (tertiary/aromatic N) is 2. The molecule has 190 valence electrons. The molecule has 1 aromatic heterocycles. The van der Waals surface area contributed by atoms with E-state index in [9.17, 15) is 36.7 Å². The van der Waals surface area contributed by atoms with E-state index in [2.05, 4.69) is 4.99 Å². The van der Waals surface area contributed by atoms with Gasteiger partial charge in [-0.2, -0.15) is 22.3 Å². The lowest BCUT2D eigenvalue weighted by molar-refractivity contribution is -0.272. The molecule has 2 amide bonds. The highest BCUT2D eigenvalue weighted by atomic mass is 19.4. The fourth-order valence-corrected chi connectivity index (χ4v) is 4.04. The Balaban J connectivity index is 2.19. The quantitative estimate of drug-likeness (QED) is 0.481. The molecule has 0 saturated carbocycles. The highest BCUT2D eigenvalue weighted by Gasteiger charge is 2.65. The number of halogens is 5. The summed E-state index contributed by atoms with van der Waals surface area (Å²) in [6.07, 6.45) is -5.86. The van der Waals surface area contributed by atoms with Crippen LogP contribution < -0.4 is 15.8 Å². The zero-order valence-electron chi connectivity index (χ0n) is 18.8. The smallest absolute Gasteiger partial charge is 0.417 e. The number of rotatable bonds is 5. The topological polar surface area (TPSA) is 116 Å². The van der Waals surface area contributed by atoms with Gasteiger partial charge in [-0.1, -0.05) is 13.0 Å². The third-order valence-electron chi connectivity index (χ3n) is 6.05. The van der Waals surface area contributed by atoms with E-state index >= 15 is 0 Å². The first kappa shape index (κ1) is 26.1. The highest BCUT2D eigenvalue weighted by molar-refractivity contribution is 5.91. The van der Waals surface area contributed by atoms with Gasteiger partial charge in [0.25, 0.3) is 11.8 Å². The molecule has 8 nitrogen and oxygen atoms in total. The van der Waals surface area contributed by atoms with Crippen LogP contribution >= 0.6 is 0 Å². The summed E-state index contributed by atoms with van der Waals surface area (Å²) < 4.78 is 81.3. The summed E-state index contributed by atoms with van der Waals surface area (Å²) in [5, 5.41) is 9.42. The summed E-state index contributed by atoms with van der Waals surface area (Å²) in [6, 6.07) is 3.81. The van der Waals surface area contributed by atoms with Crippen molar-refractivity contribution in [3.63, 3.8) is 0 Å². The van der Waals surface area contributed by atoms with E-state index in [1.165, 1.54) is 13.8 Å². The number of hydrogen-bond acceptors (Lipinski definition) is 5. The summed E-state index contributed by atoms with van der Waals surface area (Å²) in [6.45, 7) is 3.26. The van der Waals surface area contributed by atoms with Crippen molar-refractivity contribution in [2.45, 2.75) is 44.6 Å². The molecule has 3 rings (SSSR count). The third kappa shape index (κ3) is 4.59. The van der Waals surface area contributed by atoms with Gasteiger partial charge in [0.2, 0.25) is 5.82 Å². The van der Waals surface area contributed by atoms with Crippen LogP contribution in [0.25, 0.3) is 0 Å². The molecule has 0 spiro atoms. The van der Waals surface area contributed by atoms with Crippen molar-refractivity contribution in [2.24, 2.45) is 16.6 Å². The number of ether oxygens (including phenoxy) is 2. The van der Waals surface area contributed by atoms with Gasteiger partial charge in [-0.25, -0.2) is 9.38 Å². The molecule has 3 N–H and O–H groups in total. The van der Waals surface area contributed by atoms with Crippen LogP contribution in [0.2, 0.25) is 0 Å². The van der Waals surface area contributed by atoms with Crippen molar-refractivity contribution in [1.82, 2.24) is 4.73 Å². The molecule has 2 aromatic rings. The minimum absolute atomic E-state index is 0.129. The molecule has 1 fully saturated rings. The summed E-state index contributed by atoms with van der Waals surface area (Å²) in [7, 11) is 0. The van der Waals surface area contributed by atoms with Gasteiger partial charge in [0, 0.05) is 23.6 Å². The van der Waals surface area contributed by atoms with Crippen LogP contribution in [0, 0.1) is 17.6 Å². The fraction of sp³-hybridized carbons (Fsp3) is 0.409. The molecule has 1 saturated heterocycles. The highest BCUT2D eigenvalue weighted by Crippen LogP contribution is 2.55. The van der Waals surface area contributed by atoms with Crippen LogP contribution in [-0.2, 0) is 9.53 Å². The lowest BCUT2D eigenvalue weighted by Gasteiger charge is -2.32. The number of alkyl halides is 3. The zero-order valence-corrected chi connectivity index (χ0v) is 18.8. The van der Waals surface area contributed by atoms with Crippen molar-refractivity contribution >= 4 is 11.8 Å². The number of pyridine rings is 1. The standard InChI is InChI=1S/C22H22F5N3O5/c1-4-34-17-12(5-6-13(23)16(17)24)15-10(2)21(3,22(25,26)27)35-18(15)20(32)29-11-7-8-30(33)14(9-11)19(28)31/h5-10,15,18,33H,4H2,1-3H3,(H2,28,31)/t10-,15+,18-,21-/m0/s1. The van der Waals surface area contributed by atoms with Gasteiger partial charge in [0.1, 0.15) is 11.8 Å². The Morgan fingerprint density at radius 3 is 2.51 bits per heavy atom. The van der Waals surface area contributed by atoms with Gasteiger partial charge in [0.05, 0.1) is 12.0 Å². The monoisotopic (exact) mass is 503 g/mol. The summed E-state index contributed by atoms with van der Waals surface area (Å²) in [5.41, 5.74) is 1.65. The molecular weight excluding hydrogens is 481 g/mol. The first-order chi connectivity index (χ1) is 16.2. The van der Waals surface area contributed by atoms with E-state index in [4.69, 9.17) is 15.2 Å². The molecule has 1 aliphatic heterocycles. The molecule has 2 heterocycles. The Morgan fingerprint density at radius 1 is 1.29 bits per heavy atom. The summed E-state index contributed by atoms with van der Waals surface area (Å²) >= 11 is 0. The van der Waals surface area contributed by atoms with E-state index < -0.39 is 64.6 Å². The number of aromatic nitrogens is 1. The van der Waals surface area contributed by atoms with Crippen molar-refractivity contribution in [1.29, 1.82) is 0 Å². The number of primary amides is 1. The molecular formula is C22H22F5N3O5. The number of hydrogen-bond donors (Lipinski definition) is 2. The Kier molecular flexibility index (Phi) is 6.93. The maximum atomic E-state index is 14.5. The lowest BCUT2D eigenvalue weighted by Crippen LogP contribution is -2.47. The van der Waals surface area contributed by atoms with Gasteiger partial charge in [0.15, 0.2) is 17.2 Å². The van der Waals surface area contributed by atoms with Crippen molar-refractivity contribution in [3.05, 3.63) is 58.7 Å². The van der Waals surface area contributed by atoms with Gasteiger partial charge in [-0.15, -0.1) is 0 Å². The first-order valence-electron chi connectivity index (χ1n) is 10.4. The lowest BCUT2D eigenvalue weighted by atomic mass is 9.77. The van der Waals surface area contributed by atoms with Gasteiger partial charge in [-0.3, -0.25) is 9.59 Å². The van der Waals surface area contributed by atoms with Crippen molar-refractivity contribution < 1.29 is 46.2 Å². The average molecular weight is 503 g/mol. The largest absolute Gasteiger partial charge is 0.490 e. The number of carbonyl (C=O) groups excluding carboxylic acids is 2. The van der Waals surface area contributed by atoms with E-state index in [1.807, 2.05) is 0 Å². The average Bonchev–Trinajstić information content (AvgIpc) is 3.05. The second kappa shape index (κ2) is 9.29. The molecule has 0 bridgehead atoms. The minimum atomic E-state index is -4.93. The van der Waals surface area contributed by atoms with Crippen LogP contribution in [0.4, 0.5) is 22.0 Å². The molecule has 1 aliphatic rings. The van der Waals surface area contributed by atoms with Crippen LogP contribution in [-0.4, -0.2) is 46.2 Å². The van der Waals surface area contributed by atoms with E-state index in [0.29, 0.717) is 4.73 Å². The van der Waals surface area contributed by atoms with Crippen LogP contribution in [0.15, 0.2) is 35.5 Å². The van der Waals surface area contributed by atoms with E-state index in [1.54, 1.807) is 0 Å². The molecule has 13 heteroatoms. The van der Waals surface area contributed by atoms with Gasteiger partial charge in [-0.05, 0) is 32.0 Å². The normalized spacial score (nSPS) is 25.0. The van der Waals surface area contributed by atoms with Crippen molar-refractivity contribution in [2.75, 3.05) is 6.61 Å². The Labute approximate surface area is 195 Å². The summed E-state index contributed by atoms with van der Waals surface area (Å²) in [4.78, 5) is 28.3. The van der Waals surface area contributed by atoms with E-state index in [-0.39, 0.29) is 17.5 Å².